The lowest BCUT2D eigenvalue weighted by atomic mass is 9.90. The van der Waals surface area contributed by atoms with Crippen molar-refractivity contribution in [2.75, 3.05) is 19.3 Å². The summed E-state index contributed by atoms with van der Waals surface area (Å²) >= 11 is 5.99. The summed E-state index contributed by atoms with van der Waals surface area (Å²) in [5.41, 5.74) is -0.921. The van der Waals surface area contributed by atoms with E-state index in [9.17, 15) is 23.1 Å². The zero-order valence-electron chi connectivity index (χ0n) is 12.2. The average Bonchev–Trinajstić information content (AvgIpc) is 2.81. The second kappa shape index (κ2) is 5.55. The molecule has 6 nitrogen and oxygen atoms in total. The maximum atomic E-state index is 12.5. The van der Waals surface area contributed by atoms with Gasteiger partial charge in [0.2, 0.25) is 0 Å². The standard InChI is InChI=1S/C14H16ClNO5S/c1-14(13(18)19)5-6-16(8-14)12(17)10-7-9(22(2,20)21)3-4-11(10)15/h3-4,7H,5-6,8H2,1-2H3,(H,18,19)/t14-/m0/s1. The number of carbonyl (C=O) groups excluding carboxylic acids is 1. The molecule has 1 aliphatic rings. The van der Waals surface area contributed by atoms with E-state index < -0.39 is 27.1 Å². The molecule has 1 saturated heterocycles. The Morgan fingerprint density at radius 1 is 1.36 bits per heavy atom. The van der Waals surface area contributed by atoms with Gasteiger partial charge < -0.3 is 10.0 Å². The molecule has 0 spiro atoms. The van der Waals surface area contributed by atoms with E-state index in [2.05, 4.69) is 0 Å². The van der Waals surface area contributed by atoms with Gasteiger partial charge in [-0.15, -0.1) is 0 Å². The van der Waals surface area contributed by atoms with Gasteiger partial charge in [-0.05, 0) is 31.5 Å². The minimum Gasteiger partial charge on any atom is -0.481 e. The van der Waals surface area contributed by atoms with Crippen LogP contribution in [0.4, 0.5) is 0 Å². The average molecular weight is 346 g/mol. The number of carbonyl (C=O) groups is 2. The molecule has 120 valence electrons. The SMILES string of the molecule is C[C@]1(C(=O)O)CCN(C(=O)c2cc(S(C)(=O)=O)ccc2Cl)C1. The van der Waals surface area contributed by atoms with Gasteiger partial charge >= 0.3 is 5.97 Å². The van der Waals surface area contributed by atoms with Gasteiger partial charge in [-0.25, -0.2) is 8.42 Å². The molecule has 1 atom stereocenters. The van der Waals surface area contributed by atoms with Crippen LogP contribution in [0.1, 0.15) is 23.7 Å². The highest BCUT2D eigenvalue weighted by Gasteiger charge is 2.42. The van der Waals surface area contributed by atoms with Crippen molar-refractivity contribution in [3.05, 3.63) is 28.8 Å². The Hall–Kier alpha value is -1.60. The third-order valence-electron chi connectivity index (χ3n) is 3.87. The van der Waals surface area contributed by atoms with Crippen LogP contribution in [0, 0.1) is 5.41 Å². The van der Waals surface area contributed by atoms with Gasteiger partial charge in [0.25, 0.3) is 5.91 Å². The van der Waals surface area contributed by atoms with E-state index in [1.807, 2.05) is 0 Å². The summed E-state index contributed by atoms with van der Waals surface area (Å²) in [6.07, 6.45) is 1.39. The fourth-order valence-corrected chi connectivity index (χ4v) is 3.22. The van der Waals surface area contributed by atoms with E-state index >= 15 is 0 Å². The number of aliphatic carboxylic acids is 1. The van der Waals surface area contributed by atoms with Gasteiger partial charge in [0.15, 0.2) is 9.84 Å². The van der Waals surface area contributed by atoms with Gasteiger partial charge in [-0.3, -0.25) is 9.59 Å². The summed E-state index contributed by atoms with van der Waals surface area (Å²) in [5, 5.41) is 9.34. The van der Waals surface area contributed by atoms with Crippen molar-refractivity contribution >= 4 is 33.3 Å². The van der Waals surface area contributed by atoms with Crippen LogP contribution < -0.4 is 0 Å². The van der Waals surface area contributed by atoms with Gasteiger partial charge in [-0.2, -0.15) is 0 Å². The smallest absolute Gasteiger partial charge is 0.311 e. The second-order valence-electron chi connectivity index (χ2n) is 5.76. The highest BCUT2D eigenvalue weighted by Crippen LogP contribution is 2.32. The maximum absolute atomic E-state index is 12.5. The number of halogens is 1. The molecule has 0 saturated carbocycles. The molecule has 1 aromatic carbocycles. The molecule has 1 N–H and O–H groups in total. The van der Waals surface area contributed by atoms with Gasteiger partial charge in [0, 0.05) is 19.3 Å². The Morgan fingerprint density at radius 3 is 2.50 bits per heavy atom. The van der Waals surface area contributed by atoms with Crippen molar-refractivity contribution < 1.29 is 23.1 Å². The number of nitrogens with zero attached hydrogens (tertiary/aromatic N) is 1. The molecule has 1 amide bonds. The first-order valence-corrected chi connectivity index (χ1v) is 8.84. The Balaban J connectivity index is 2.33. The number of amides is 1. The molecule has 0 unspecified atom stereocenters. The summed E-state index contributed by atoms with van der Waals surface area (Å²) in [6, 6.07) is 3.92. The topological polar surface area (TPSA) is 91.8 Å². The Kier molecular flexibility index (Phi) is 4.23. The number of hydrogen-bond acceptors (Lipinski definition) is 4. The van der Waals surface area contributed by atoms with Crippen LogP contribution in [0.2, 0.25) is 5.02 Å². The van der Waals surface area contributed by atoms with Gasteiger partial charge in [-0.1, -0.05) is 11.6 Å². The molecule has 1 aromatic rings. The Bertz CT molecular complexity index is 746. The number of rotatable bonds is 3. The summed E-state index contributed by atoms with van der Waals surface area (Å²) in [4.78, 5) is 25.1. The lowest BCUT2D eigenvalue weighted by Crippen LogP contribution is -2.35. The van der Waals surface area contributed by atoms with Crippen LogP contribution in [0.5, 0.6) is 0 Å². The molecule has 0 radical (unpaired) electrons. The number of benzene rings is 1. The van der Waals surface area contributed by atoms with Crippen LogP contribution >= 0.6 is 11.6 Å². The molecule has 0 aromatic heterocycles. The number of carboxylic acid groups (broad SMARTS) is 1. The fraction of sp³-hybridized carbons (Fsp3) is 0.429. The number of carboxylic acids is 1. The van der Waals surface area contributed by atoms with Crippen LogP contribution in [0.25, 0.3) is 0 Å². The van der Waals surface area contributed by atoms with Crippen LogP contribution in [-0.4, -0.2) is 49.6 Å². The highest BCUT2D eigenvalue weighted by atomic mass is 35.5. The van der Waals surface area contributed by atoms with E-state index in [0.717, 1.165) is 6.26 Å². The normalized spacial score (nSPS) is 21.9. The molecule has 1 fully saturated rings. The Labute approximate surface area is 133 Å². The predicted octanol–water partition coefficient (Wildman–Crippen LogP) is 1.68. The maximum Gasteiger partial charge on any atom is 0.311 e. The summed E-state index contributed by atoms with van der Waals surface area (Å²) < 4.78 is 23.2. The molecule has 2 rings (SSSR count). The molecular formula is C14H16ClNO5S. The van der Waals surface area contributed by atoms with E-state index in [0.29, 0.717) is 13.0 Å². The second-order valence-corrected chi connectivity index (χ2v) is 8.18. The lowest BCUT2D eigenvalue weighted by molar-refractivity contribution is -0.147. The first-order valence-electron chi connectivity index (χ1n) is 6.57. The minimum atomic E-state index is -3.46. The molecule has 8 heteroatoms. The molecule has 0 aliphatic carbocycles. The largest absolute Gasteiger partial charge is 0.481 e. The van der Waals surface area contributed by atoms with Crippen LogP contribution in [0.3, 0.4) is 0 Å². The van der Waals surface area contributed by atoms with Crippen LogP contribution in [-0.2, 0) is 14.6 Å². The van der Waals surface area contributed by atoms with E-state index in [1.54, 1.807) is 6.92 Å². The van der Waals surface area contributed by atoms with Crippen molar-refractivity contribution in [3.8, 4) is 0 Å². The first kappa shape index (κ1) is 16.8. The van der Waals surface area contributed by atoms with Crippen LogP contribution in [0.15, 0.2) is 23.1 Å². The van der Waals surface area contributed by atoms with Crippen molar-refractivity contribution in [2.45, 2.75) is 18.2 Å². The van der Waals surface area contributed by atoms with Crippen molar-refractivity contribution in [1.29, 1.82) is 0 Å². The highest BCUT2D eigenvalue weighted by molar-refractivity contribution is 7.90. The number of likely N-dealkylation sites (tertiary alicyclic amines) is 1. The molecular weight excluding hydrogens is 330 g/mol. The quantitative estimate of drug-likeness (QED) is 0.899. The third kappa shape index (κ3) is 3.10. The van der Waals surface area contributed by atoms with Gasteiger partial charge in [0.05, 0.1) is 20.9 Å². The molecule has 0 bridgehead atoms. The summed E-state index contributed by atoms with van der Waals surface area (Å²) in [5.74, 6) is -1.42. The zero-order valence-corrected chi connectivity index (χ0v) is 13.7. The van der Waals surface area contributed by atoms with Crippen molar-refractivity contribution in [1.82, 2.24) is 4.90 Å². The van der Waals surface area contributed by atoms with E-state index in [-0.39, 0.29) is 22.0 Å². The zero-order chi connectivity index (χ0) is 16.7. The summed E-state index contributed by atoms with van der Waals surface area (Å²) in [7, 11) is -3.46. The molecule has 22 heavy (non-hydrogen) atoms. The number of hydrogen-bond donors (Lipinski definition) is 1. The van der Waals surface area contributed by atoms with Gasteiger partial charge in [0.1, 0.15) is 0 Å². The van der Waals surface area contributed by atoms with Crippen molar-refractivity contribution in [2.24, 2.45) is 5.41 Å². The minimum absolute atomic E-state index is 0.000410. The van der Waals surface area contributed by atoms with E-state index in [1.165, 1.54) is 23.1 Å². The van der Waals surface area contributed by atoms with E-state index in [4.69, 9.17) is 11.6 Å². The monoisotopic (exact) mass is 345 g/mol. The molecule has 1 heterocycles. The fourth-order valence-electron chi connectivity index (χ4n) is 2.38. The van der Waals surface area contributed by atoms with Crippen molar-refractivity contribution in [3.63, 3.8) is 0 Å². The number of sulfone groups is 1. The predicted molar refractivity (Wildman–Crippen MR) is 80.8 cm³/mol. The first-order chi connectivity index (χ1) is 10.0. The lowest BCUT2D eigenvalue weighted by Gasteiger charge is -2.20. The Morgan fingerprint density at radius 2 is 2.00 bits per heavy atom. The third-order valence-corrected chi connectivity index (χ3v) is 5.31. The molecule has 1 aliphatic heterocycles. The summed E-state index contributed by atoms with van der Waals surface area (Å²) in [6.45, 7) is 1.94.